The minimum Gasteiger partial charge on any atom is -0.370 e. The number of anilines is 2. The molecule has 0 spiro atoms. The average molecular weight is 470 g/mol. The van der Waals surface area contributed by atoms with Crippen LogP contribution in [0.25, 0.3) is 11.0 Å². The number of hydrogen-bond donors (Lipinski definition) is 3. The van der Waals surface area contributed by atoms with Gasteiger partial charge in [0.15, 0.2) is 0 Å². The molecule has 0 radical (unpaired) electrons. The predicted molar refractivity (Wildman–Crippen MR) is 141 cm³/mol. The zero-order valence-corrected chi connectivity index (χ0v) is 20.2. The van der Waals surface area contributed by atoms with E-state index in [2.05, 4.69) is 44.6 Å². The molecule has 0 aliphatic carbocycles. The van der Waals surface area contributed by atoms with Crippen molar-refractivity contribution in [1.82, 2.24) is 15.3 Å². The fourth-order valence-corrected chi connectivity index (χ4v) is 3.95. The molecule has 0 fully saturated rings. The Kier molecular flexibility index (Phi) is 7.77. The van der Waals surface area contributed by atoms with Crippen LogP contribution in [-0.2, 0) is 11.2 Å². The van der Waals surface area contributed by atoms with Crippen LogP contribution in [0, 0.1) is 0 Å². The normalized spacial score (nSPS) is 10.8. The first-order chi connectivity index (χ1) is 17.1. The molecule has 1 aromatic heterocycles. The Hall–Kier alpha value is -4.13. The summed E-state index contributed by atoms with van der Waals surface area (Å²) < 4.78 is 0. The van der Waals surface area contributed by atoms with Crippen molar-refractivity contribution in [2.45, 2.75) is 26.7 Å². The fourth-order valence-electron chi connectivity index (χ4n) is 3.95. The van der Waals surface area contributed by atoms with Gasteiger partial charge >= 0.3 is 0 Å². The summed E-state index contributed by atoms with van der Waals surface area (Å²) in [5.74, 6) is 0.718. The van der Waals surface area contributed by atoms with Gasteiger partial charge in [-0.1, -0.05) is 37.3 Å². The van der Waals surface area contributed by atoms with Crippen molar-refractivity contribution in [1.29, 1.82) is 0 Å². The summed E-state index contributed by atoms with van der Waals surface area (Å²) in [5.41, 5.74) is 5.27. The predicted octanol–water partition coefficient (Wildman–Crippen LogP) is 4.76. The van der Waals surface area contributed by atoms with Crippen LogP contribution in [0.4, 0.5) is 11.4 Å². The van der Waals surface area contributed by atoms with Crippen LogP contribution in [0.15, 0.2) is 72.8 Å². The summed E-state index contributed by atoms with van der Waals surface area (Å²) >= 11 is 0. The molecule has 4 rings (SSSR count). The van der Waals surface area contributed by atoms with E-state index in [4.69, 9.17) is 0 Å². The van der Waals surface area contributed by atoms with Gasteiger partial charge in [-0.15, -0.1) is 0 Å². The number of aromatic nitrogens is 2. The molecule has 0 aliphatic rings. The number of carbonyl (C=O) groups excluding carboxylic acids is 2. The third-order valence-corrected chi connectivity index (χ3v) is 5.89. The Balaban J connectivity index is 1.35. The molecule has 7 heteroatoms. The number of carbonyl (C=O) groups is 2. The number of fused-ring (bicyclic) bond motifs is 1. The van der Waals surface area contributed by atoms with E-state index in [0.29, 0.717) is 24.9 Å². The molecule has 0 saturated heterocycles. The zero-order chi connectivity index (χ0) is 24.6. The number of imidazole rings is 1. The zero-order valence-electron chi connectivity index (χ0n) is 20.2. The SMILES string of the molecule is CCC(=O)Nc1ccc(Cc2nc3ccc(C(=O)NCCN(CC)c4ccccc4)cc3[nH]2)cc1. The van der Waals surface area contributed by atoms with Crippen LogP contribution >= 0.6 is 0 Å². The minimum absolute atomic E-state index is 0.00578. The number of H-pyrrole nitrogens is 1. The molecule has 0 aliphatic heterocycles. The van der Waals surface area contributed by atoms with Gasteiger partial charge in [0, 0.05) is 49.4 Å². The molecule has 1 heterocycles. The van der Waals surface area contributed by atoms with Gasteiger partial charge in [0.05, 0.1) is 11.0 Å². The molecule has 4 aromatic rings. The van der Waals surface area contributed by atoms with Crippen LogP contribution in [-0.4, -0.2) is 41.4 Å². The molecule has 0 atom stereocenters. The lowest BCUT2D eigenvalue weighted by molar-refractivity contribution is -0.115. The topological polar surface area (TPSA) is 90.1 Å². The summed E-state index contributed by atoms with van der Waals surface area (Å²) in [4.78, 5) is 34.5. The highest BCUT2D eigenvalue weighted by atomic mass is 16.2. The van der Waals surface area contributed by atoms with Crippen molar-refractivity contribution < 1.29 is 9.59 Å². The van der Waals surface area contributed by atoms with Gasteiger partial charge in [0.25, 0.3) is 5.91 Å². The molecule has 3 N–H and O–H groups in total. The molecule has 0 bridgehead atoms. The molecule has 7 nitrogen and oxygen atoms in total. The number of para-hydroxylation sites is 1. The van der Waals surface area contributed by atoms with E-state index in [9.17, 15) is 9.59 Å². The largest absolute Gasteiger partial charge is 0.370 e. The number of rotatable bonds is 10. The number of likely N-dealkylation sites (N-methyl/N-ethyl adjacent to an activating group) is 1. The third-order valence-electron chi connectivity index (χ3n) is 5.89. The Morgan fingerprint density at radius 2 is 1.74 bits per heavy atom. The van der Waals surface area contributed by atoms with E-state index in [1.165, 1.54) is 0 Å². The lowest BCUT2D eigenvalue weighted by atomic mass is 10.1. The Bertz CT molecular complexity index is 1280. The van der Waals surface area contributed by atoms with Gasteiger partial charge in [-0.3, -0.25) is 9.59 Å². The minimum atomic E-state index is -0.100. The maximum Gasteiger partial charge on any atom is 0.251 e. The highest BCUT2D eigenvalue weighted by molar-refractivity contribution is 5.97. The molecule has 3 aromatic carbocycles. The lowest BCUT2D eigenvalue weighted by Gasteiger charge is -2.23. The van der Waals surface area contributed by atoms with Crippen molar-refractivity contribution in [3.8, 4) is 0 Å². The van der Waals surface area contributed by atoms with E-state index in [0.717, 1.165) is 46.9 Å². The van der Waals surface area contributed by atoms with Gasteiger partial charge in [-0.25, -0.2) is 4.98 Å². The average Bonchev–Trinajstić information content (AvgIpc) is 3.29. The van der Waals surface area contributed by atoms with Gasteiger partial charge in [0.2, 0.25) is 5.91 Å². The smallest absolute Gasteiger partial charge is 0.251 e. The molecular formula is C28H31N5O2. The van der Waals surface area contributed by atoms with E-state index in [-0.39, 0.29) is 11.8 Å². The van der Waals surface area contributed by atoms with Crippen molar-refractivity contribution in [3.05, 3.63) is 89.7 Å². The summed E-state index contributed by atoms with van der Waals surface area (Å²) in [7, 11) is 0. The maximum atomic E-state index is 12.7. The van der Waals surface area contributed by atoms with Crippen molar-refractivity contribution in [3.63, 3.8) is 0 Å². The highest BCUT2D eigenvalue weighted by Gasteiger charge is 2.11. The first-order valence-corrected chi connectivity index (χ1v) is 12.0. The molecular weight excluding hydrogens is 438 g/mol. The van der Waals surface area contributed by atoms with Crippen LogP contribution < -0.4 is 15.5 Å². The van der Waals surface area contributed by atoms with Crippen molar-refractivity contribution in [2.75, 3.05) is 29.9 Å². The second-order valence-electron chi connectivity index (χ2n) is 8.36. The molecule has 2 amide bonds. The van der Waals surface area contributed by atoms with Gasteiger partial charge < -0.3 is 20.5 Å². The number of aromatic amines is 1. The standard InChI is InChI=1S/C28H31N5O2/c1-3-27(34)30-22-13-10-20(11-14-22)18-26-31-24-15-12-21(19-25(24)32-26)28(35)29-16-17-33(4-2)23-8-6-5-7-9-23/h5-15,19H,3-4,16-18H2,1-2H3,(H,29,35)(H,30,34)(H,31,32). The second kappa shape index (κ2) is 11.3. The molecule has 0 unspecified atom stereocenters. The van der Waals surface area contributed by atoms with E-state index < -0.39 is 0 Å². The summed E-state index contributed by atoms with van der Waals surface area (Å²) in [5, 5.41) is 5.87. The monoisotopic (exact) mass is 469 g/mol. The number of amides is 2. The van der Waals surface area contributed by atoms with Crippen molar-refractivity contribution in [2.24, 2.45) is 0 Å². The van der Waals surface area contributed by atoms with Gasteiger partial charge in [-0.05, 0) is 55.0 Å². The number of nitrogens with one attached hydrogen (secondary N) is 3. The van der Waals surface area contributed by atoms with Crippen LogP contribution in [0.3, 0.4) is 0 Å². The number of nitrogens with zero attached hydrogens (tertiary/aromatic N) is 2. The number of hydrogen-bond acceptors (Lipinski definition) is 4. The van der Waals surface area contributed by atoms with Gasteiger partial charge in [-0.2, -0.15) is 0 Å². The highest BCUT2D eigenvalue weighted by Crippen LogP contribution is 2.18. The molecule has 35 heavy (non-hydrogen) atoms. The van der Waals surface area contributed by atoms with E-state index in [1.807, 2.05) is 67.6 Å². The van der Waals surface area contributed by atoms with Crippen LogP contribution in [0.5, 0.6) is 0 Å². The fraction of sp³-hybridized carbons (Fsp3) is 0.250. The Morgan fingerprint density at radius 3 is 2.46 bits per heavy atom. The van der Waals surface area contributed by atoms with E-state index >= 15 is 0 Å². The first-order valence-electron chi connectivity index (χ1n) is 12.0. The van der Waals surface area contributed by atoms with Crippen molar-refractivity contribution >= 4 is 34.2 Å². The Morgan fingerprint density at radius 1 is 0.971 bits per heavy atom. The maximum absolute atomic E-state index is 12.7. The summed E-state index contributed by atoms with van der Waals surface area (Å²) in [6, 6.07) is 23.5. The van der Waals surface area contributed by atoms with E-state index in [1.54, 1.807) is 0 Å². The Labute approximate surface area is 205 Å². The lowest BCUT2D eigenvalue weighted by Crippen LogP contribution is -2.34. The molecule has 180 valence electrons. The summed E-state index contributed by atoms with van der Waals surface area (Å²) in [6.07, 6.45) is 1.08. The van der Waals surface area contributed by atoms with Crippen LogP contribution in [0.2, 0.25) is 0 Å². The third kappa shape index (κ3) is 6.26. The molecule has 0 saturated carbocycles. The number of benzene rings is 3. The van der Waals surface area contributed by atoms with Gasteiger partial charge in [0.1, 0.15) is 5.82 Å². The second-order valence-corrected chi connectivity index (χ2v) is 8.36. The first kappa shape index (κ1) is 24.0. The quantitative estimate of drug-likeness (QED) is 0.312. The summed E-state index contributed by atoms with van der Waals surface area (Å²) in [6.45, 7) is 6.11. The van der Waals surface area contributed by atoms with Crippen LogP contribution in [0.1, 0.15) is 42.0 Å².